The van der Waals surface area contributed by atoms with Crippen LogP contribution in [0.2, 0.25) is 0 Å². The maximum Gasteiger partial charge on any atom is 0.136 e. The highest BCUT2D eigenvalue weighted by Gasteiger charge is 2.70. The number of allylic oxidation sites excluding steroid dienone is 3. The molecule has 9 aliphatic carbocycles. The number of rotatable bonds is 5. The molecule has 6 unspecified atom stereocenters. The highest BCUT2D eigenvalue weighted by molar-refractivity contribution is 5.85. The van der Waals surface area contributed by atoms with Crippen LogP contribution >= 0.6 is 0 Å². The van der Waals surface area contributed by atoms with Crippen molar-refractivity contribution in [3.8, 4) is 0 Å². The summed E-state index contributed by atoms with van der Waals surface area (Å²) in [5.41, 5.74) is 13.5. The minimum Gasteiger partial charge on any atom is -0.379 e. The lowest BCUT2D eigenvalue weighted by atomic mass is 9.58. The Bertz CT molecular complexity index is 4480. The van der Waals surface area contributed by atoms with Crippen LogP contribution in [0.4, 0.5) is 0 Å². The van der Waals surface area contributed by atoms with E-state index >= 15 is 0 Å². The van der Waals surface area contributed by atoms with Gasteiger partial charge in [0.15, 0.2) is 0 Å². The molecular formula is C92H105N5O6. The van der Waals surface area contributed by atoms with Crippen LogP contribution in [-0.4, -0.2) is 129 Å². The molecule has 11 heterocycles. The van der Waals surface area contributed by atoms with Gasteiger partial charge in [-0.2, -0.15) is 0 Å². The highest BCUT2D eigenvalue weighted by Crippen LogP contribution is 2.73. The van der Waals surface area contributed by atoms with Gasteiger partial charge in [0, 0.05) is 104 Å². The standard InChI is InChI=1S/2C32H38N2O2.C28H29NO2/c2*1-30-10-8-26-19-25-4-5-27(34-14-16-35-17-15-34)20-31(25)11-12-32(26,36-31)29(30)7-6-28(30)23-3-2-22-9-13-33-21-24(22)18-23;1-26-10-8-22-15-21-4-5-23(30)16-27(21)11-12-28(22,31-27)25(26)7-6-24(26)19-3-2-18-9-13-29-17-20(18)14-19/h2*2-3,8-9,13,18-19,21,27-29H,4-7,10-12,14-17,20H2,1H3;2-3,8-9,13-15,17,24-25H,4-7,10-12,16H2,1H3/t27-,28?,29+,30+,31+,32?;27-,28?,29-,30-,31-,32?;24?,25-,26-,27-,28?/m011/s1. The van der Waals surface area contributed by atoms with Gasteiger partial charge in [-0.1, -0.05) is 93.6 Å². The van der Waals surface area contributed by atoms with Crippen molar-refractivity contribution in [1.82, 2.24) is 24.8 Å². The van der Waals surface area contributed by atoms with Crippen molar-refractivity contribution in [2.75, 3.05) is 52.6 Å². The molecule has 6 bridgehead atoms. The fourth-order valence-electron chi connectivity index (χ4n) is 27.1. The smallest absolute Gasteiger partial charge is 0.136 e. The Kier molecular flexibility index (Phi) is 15.1. The summed E-state index contributed by atoms with van der Waals surface area (Å²) < 4.78 is 33.5. The number of carbonyl (C=O) groups excluding carboxylic acids is 1. The lowest BCUT2D eigenvalue weighted by molar-refractivity contribution is -0.146. The first-order valence-electron chi connectivity index (χ1n) is 40.7. The van der Waals surface area contributed by atoms with Crippen molar-refractivity contribution in [3.63, 3.8) is 0 Å². The lowest BCUT2D eigenvalue weighted by Gasteiger charge is -2.55. The Morgan fingerprint density at radius 3 is 1.17 bits per heavy atom. The molecule has 11 nitrogen and oxygen atoms in total. The van der Waals surface area contributed by atoms with E-state index < -0.39 is 0 Å². The summed E-state index contributed by atoms with van der Waals surface area (Å²) in [6.07, 6.45) is 54.4. The molecule has 6 spiro atoms. The van der Waals surface area contributed by atoms with Gasteiger partial charge in [0.1, 0.15) is 5.78 Å². The zero-order valence-corrected chi connectivity index (χ0v) is 61.3. The largest absolute Gasteiger partial charge is 0.379 e. The highest BCUT2D eigenvalue weighted by atomic mass is 16.5. The molecule has 3 aromatic heterocycles. The van der Waals surface area contributed by atoms with Gasteiger partial charge >= 0.3 is 0 Å². The number of morpholine rings is 2. The van der Waals surface area contributed by atoms with Crippen LogP contribution in [0.1, 0.15) is 209 Å². The van der Waals surface area contributed by atoms with E-state index in [1.165, 1.54) is 187 Å². The van der Waals surface area contributed by atoms with Gasteiger partial charge in [-0.3, -0.25) is 29.5 Å². The average Bonchev–Trinajstić information content (AvgIpc) is 1.53. The minimum absolute atomic E-state index is 0.0243. The number of ketones is 1. The molecule has 534 valence electrons. The van der Waals surface area contributed by atoms with Crippen molar-refractivity contribution < 1.29 is 28.5 Å². The molecule has 5 saturated heterocycles. The van der Waals surface area contributed by atoms with E-state index in [0.29, 0.717) is 66.2 Å². The molecular weight excluding hydrogens is 1270 g/mol. The normalized spacial score (nSPS) is 41.5. The summed E-state index contributed by atoms with van der Waals surface area (Å²) in [6, 6.07) is 28.8. The number of fused-ring (bicyclic) bond motifs is 6. The van der Waals surface area contributed by atoms with Crippen LogP contribution in [0.25, 0.3) is 32.3 Å². The van der Waals surface area contributed by atoms with Gasteiger partial charge in [0.25, 0.3) is 0 Å². The van der Waals surface area contributed by atoms with Crippen LogP contribution in [0.5, 0.6) is 0 Å². The van der Waals surface area contributed by atoms with Crippen molar-refractivity contribution in [2.45, 2.75) is 238 Å². The number of carbonyl (C=O) groups is 1. The number of ether oxygens (including phenoxy) is 5. The maximum atomic E-state index is 12.4. The fraction of sp³-hybridized carbons (Fsp3) is 0.565. The number of Topliss-reactive ketones (excluding diaryl/α,β-unsaturated/α-hetero) is 1. The number of nitrogens with zero attached hydrogens (tertiary/aromatic N) is 5. The molecule has 8 aliphatic heterocycles. The third-order valence-electron chi connectivity index (χ3n) is 32.1. The Balaban J connectivity index is 0.000000100. The molecule has 0 amide bonds. The third-order valence-corrected chi connectivity index (χ3v) is 32.1. The molecule has 17 aliphatic rings. The van der Waals surface area contributed by atoms with Crippen LogP contribution in [0.15, 0.2) is 180 Å². The van der Waals surface area contributed by atoms with Crippen LogP contribution in [-0.2, 0) is 28.5 Å². The maximum absolute atomic E-state index is 12.4. The molecule has 103 heavy (non-hydrogen) atoms. The minimum atomic E-state index is -0.294. The number of hydrogen-bond donors (Lipinski definition) is 0. The molecule has 17 atom stereocenters. The fourth-order valence-corrected chi connectivity index (χ4v) is 27.1. The summed E-state index contributed by atoms with van der Waals surface area (Å²) in [5, 5.41) is 7.61. The van der Waals surface area contributed by atoms with Gasteiger partial charge in [-0.05, 0) is 296 Å². The number of benzene rings is 3. The van der Waals surface area contributed by atoms with E-state index in [-0.39, 0.29) is 49.9 Å². The average molecular weight is 1380 g/mol. The van der Waals surface area contributed by atoms with Crippen LogP contribution in [0, 0.1) is 34.0 Å². The van der Waals surface area contributed by atoms with E-state index in [2.05, 4.69) is 155 Å². The Labute approximate surface area is 609 Å². The number of aromatic nitrogens is 3. The topological polar surface area (TPSA) is 108 Å². The molecule has 11 heteroatoms. The quantitative estimate of drug-likeness (QED) is 0.165. The van der Waals surface area contributed by atoms with E-state index in [0.717, 1.165) is 78.3 Å². The first kappa shape index (κ1) is 65.0. The number of pyridine rings is 3. The molecule has 0 N–H and O–H groups in total. The predicted molar refractivity (Wildman–Crippen MR) is 405 cm³/mol. The van der Waals surface area contributed by atoms with Crippen molar-refractivity contribution in [3.05, 3.63) is 197 Å². The zero-order chi connectivity index (χ0) is 68.8. The van der Waals surface area contributed by atoms with Crippen molar-refractivity contribution in [2.24, 2.45) is 34.0 Å². The summed E-state index contributed by atoms with van der Waals surface area (Å²) in [4.78, 5) is 30.9. The van der Waals surface area contributed by atoms with Crippen LogP contribution in [0.3, 0.4) is 0 Å². The van der Waals surface area contributed by atoms with Gasteiger partial charge in [0.05, 0.1) is 60.0 Å². The summed E-state index contributed by atoms with van der Waals surface area (Å²) in [6.45, 7) is 15.5. The molecule has 0 radical (unpaired) electrons. The zero-order valence-electron chi connectivity index (χ0n) is 61.3. The van der Waals surface area contributed by atoms with Crippen molar-refractivity contribution in [1.29, 1.82) is 0 Å². The lowest BCUT2D eigenvalue weighted by Crippen LogP contribution is -2.56. The van der Waals surface area contributed by atoms with Crippen LogP contribution < -0.4 is 0 Å². The molecule has 6 saturated carbocycles. The monoisotopic (exact) mass is 1380 g/mol. The predicted octanol–water partition coefficient (Wildman–Crippen LogP) is 18.4. The van der Waals surface area contributed by atoms with E-state index in [1.807, 2.05) is 37.2 Å². The summed E-state index contributed by atoms with van der Waals surface area (Å²) in [7, 11) is 0. The Morgan fingerprint density at radius 1 is 0.398 bits per heavy atom. The van der Waals surface area contributed by atoms with E-state index in [1.54, 1.807) is 11.1 Å². The van der Waals surface area contributed by atoms with Gasteiger partial charge < -0.3 is 23.7 Å². The number of hydrogen-bond acceptors (Lipinski definition) is 11. The second-order valence-corrected chi connectivity index (χ2v) is 36.4. The van der Waals surface area contributed by atoms with Gasteiger partial charge in [-0.15, -0.1) is 0 Å². The first-order chi connectivity index (χ1) is 50.2. The summed E-state index contributed by atoms with van der Waals surface area (Å²) in [5.74, 6) is 3.79. The molecule has 6 aromatic rings. The Hall–Kier alpha value is -6.28. The van der Waals surface area contributed by atoms with E-state index in [4.69, 9.17) is 23.7 Å². The Morgan fingerprint density at radius 2 is 0.767 bits per heavy atom. The van der Waals surface area contributed by atoms with E-state index in [9.17, 15) is 4.79 Å². The molecule has 11 fully saturated rings. The first-order valence-corrected chi connectivity index (χ1v) is 40.7. The van der Waals surface area contributed by atoms with Gasteiger partial charge in [0.2, 0.25) is 0 Å². The SMILES string of the molecule is C[C@]12CC=C3C=C4CCC(=O)C[C@]45CCC3(O5)[C@@H]1CCC2c1ccc2ccncc2c1.C[C@]12CC=C3C=C4CC[C@@H](N5CCOCC5)C[C@]45CCC3(O5)[C@@H]1CCC2c1ccc2ccncc2c1.C[C@]12CC=C3C=C4CC[C@H](N5CCOCC5)C[C@]45CCC3(O5)[C@@H]1CCC2c1ccc2ccncc2c1. The van der Waals surface area contributed by atoms with Crippen molar-refractivity contribution >= 4 is 38.1 Å². The molecule has 23 rings (SSSR count). The third kappa shape index (κ3) is 9.75. The second kappa shape index (κ2) is 23.9. The van der Waals surface area contributed by atoms with Gasteiger partial charge in [-0.25, -0.2) is 0 Å². The second-order valence-electron chi connectivity index (χ2n) is 36.4. The summed E-state index contributed by atoms with van der Waals surface area (Å²) >= 11 is 0. The molecule has 3 aromatic carbocycles.